The molecule has 1 aromatic carbocycles. The number of carbonyl (C=O) groups is 2. The Hall–Kier alpha value is -1.59. The Morgan fingerprint density at radius 2 is 1.91 bits per heavy atom. The minimum Gasteiger partial charge on any atom is -0.381 e. The van der Waals surface area contributed by atoms with Gasteiger partial charge in [0, 0.05) is 25.4 Å². The molecule has 2 amide bonds. The van der Waals surface area contributed by atoms with E-state index in [2.05, 4.69) is 5.32 Å². The predicted octanol–water partition coefficient (Wildman–Crippen LogP) is 3.19. The average Bonchev–Trinajstić information content (AvgIpc) is 2.48. The number of anilines is 1. The van der Waals surface area contributed by atoms with Gasteiger partial charge in [0.25, 0.3) is 5.91 Å². The van der Waals surface area contributed by atoms with Gasteiger partial charge in [-0.15, -0.1) is 0 Å². The third-order valence-electron chi connectivity index (χ3n) is 3.21. The molecule has 5 nitrogen and oxygen atoms in total. The summed E-state index contributed by atoms with van der Waals surface area (Å²) in [5.74, 6) is -0.253. The van der Waals surface area contributed by atoms with Gasteiger partial charge in [-0.1, -0.05) is 11.6 Å². The van der Waals surface area contributed by atoms with Gasteiger partial charge in [0.15, 0.2) is 0 Å². The maximum Gasteiger partial charge on any atom is 0.255 e. The van der Waals surface area contributed by atoms with E-state index in [-0.39, 0.29) is 18.2 Å². The monoisotopic (exact) mass is 326 g/mol. The number of rotatable bonds is 8. The number of hydrogen-bond acceptors (Lipinski definition) is 3. The van der Waals surface area contributed by atoms with Gasteiger partial charge in [-0.3, -0.25) is 9.59 Å². The first-order valence-electron chi connectivity index (χ1n) is 7.49. The second kappa shape index (κ2) is 9.43. The quantitative estimate of drug-likeness (QED) is 0.746. The van der Waals surface area contributed by atoms with Crippen LogP contribution in [0.2, 0.25) is 5.02 Å². The highest BCUT2D eigenvalue weighted by atomic mass is 35.5. The van der Waals surface area contributed by atoms with Gasteiger partial charge < -0.3 is 15.0 Å². The zero-order chi connectivity index (χ0) is 16.5. The average molecular weight is 327 g/mol. The van der Waals surface area contributed by atoms with Crippen LogP contribution >= 0.6 is 11.6 Å². The molecule has 1 aromatic rings. The van der Waals surface area contributed by atoms with Gasteiger partial charge in [0.05, 0.1) is 23.6 Å². The molecule has 0 aromatic heterocycles. The van der Waals surface area contributed by atoms with Crippen molar-refractivity contribution in [3.8, 4) is 0 Å². The third kappa shape index (κ3) is 5.31. The number of nitrogens with zero attached hydrogens (tertiary/aromatic N) is 1. The summed E-state index contributed by atoms with van der Waals surface area (Å²) in [5.41, 5.74) is 1.01. The summed E-state index contributed by atoms with van der Waals surface area (Å²) in [5, 5.41) is 3.07. The maximum atomic E-state index is 12.3. The van der Waals surface area contributed by atoms with E-state index in [1.807, 2.05) is 20.8 Å². The molecule has 0 bridgehead atoms. The summed E-state index contributed by atoms with van der Waals surface area (Å²) in [4.78, 5) is 25.7. The molecule has 0 unspecified atom stereocenters. The summed E-state index contributed by atoms with van der Waals surface area (Å²) in [6, 6.07) is 4.92. The lowest BCUT2D eigenvalue weighted by Gasteiger charge is -2.19. The molecule has 0 atom stereocenters. The standard InChI is InChI=1S/C16H23ClN2O3/c1-4-19(5-2)16(21)13-8-7-12(11-14(13)17)18-15(20)9-10-22-6-3/h7-8,11H,4-6,9-10H2,1-3H3,(H,18,20). The summed E-state index contributed by atoms with van der Waals surface area (Å²) >= 11 is 6.17. The van der Waals surface area contributed by atoms with Gasteiger partial charge in [-0.2, -0.15) is 0 Å². The topological polar surface area (TPSA) is 58.6 Å². The maximum absolute atomic E-state index is 12.3. The molecule has 6 heteroatoms. The fourth-order valence-corrected chi connectivity index (χ4v) is 2.24. The van der Waals surface area contributed by atoms with Gasteiger partial charge in [-0.05, 0) is 39.0 Å². The lowest BCUT2D eigenvalue weighted by molar-refractivity contribution is -0.117. The Labute approximate surface area is 136 Å². The molecule has 122 valence electrons. The van der Waals surface area contributed by atoms with Crippen LogP contribution in [0.1, 0.15) is 37.6 Å². The van der Waals surface area contributed by atoms with Crippen molar-refractivity contribution in [2.24, 2.45) is 0 Å². The molecular formula is C16H23ClN2O3. The third-order valence-corrected chi connectivity index (χ3v) is 3.52. The first-order valence-corrected chi connectivity index (χ1v) is 7.87. The molecule has 1 N–H and O–H groups in total. The number of nitrogens with one attached hydrogen (secondary N) is 1. The van der Waals surface area contributed by atoms with Gasteiger partial charge in [0.2, 0.25) is 5.91 Å². The highest BCUT2D eigenvalue weighted by molar-refractivity contribution is 6.34. The van der Waals surface area contributed by atoms with E-state index in [0.29, 0.717) is 42.6 Å². The normalized spacial score (nSPS) is 10.4. The number of ether oxygens (including phenoxy) is 1. The van der Waals surface area contributed by atoms with Crippen LogP contribution in [0.4, 0.5) is 5.69 Å². The number of carbonyl (C=O) groups excluding carboxylic acids is 2. The van der Waals surface area contributed by atoms with Crippen molar-refractivity contribution in [2.75, 3.05) is 31.6 Å². The van der Waals surface area contributed by atoms with E-state index in [9.17, 15) is 9.59 Å². The van der Waals surface area contributed by atoms with E-state index >= 15 is 0 Å². The van der Waals surface area contributed by atoms with Crippen molar-refractivity contribution in [3.63, 3.8) is 0 Å². The highest BCUT2D eigenvalue weighted by Crippen LogP contribution is 2.22. The number of amides is 2. The van der Waals surface area contributed by atoms with Gasteiger partial charge >= 0.3 is 0 Å². The van der Waals surface area contributed by atoms with Gasteiger partial charge in [-0.25, -0.2) is 0 Å². The Balaban J connectivity index is 2.73. The molecule has 0 saturated heterocycles. The number of halogens is 1. The zero-order valence-corrected chi connectivity index (χ0v) is 14.1. The second-order valence-corrected chi connectivity index (χ2v) is 5.07. The van der Waals surface area contributed by atoms with Crippen molar-refractivity contribution in [2.45, 2.75) is 27.2 Å². The summed E-state index contributed by atoms with van der Waals surface area (Å²) in [7, 11) is 0. The summed E-state index contributed by atoms with van der Waals surface area (Å²) < 4.78 is 5.13. The highest BCUT2D eigenvalue weighted by Gasteiger charge is 2.16. The Morgan fingerprint density at radius 3 is 2.45 bits per heavy atom. The van der Waals surface area contributed by atoms with Crippen LogP contribution in [0, 0.1) is 0 Å². The summed E-state index contributed by atoms with van der Waals surface area (Å²) in [6.07, 6.45) is 0.283. The van der Waals surface area contributed by atoms with E-state index in [4.69, 9.17) is 16.3 Å². The molecule has 0 aliphatic heterocycles. The molecule has 0 spiro atoms. The smallest absolute Gasteiger partial charge is 0.255 e. The fourth-order valence-electron chi connectivity index (χ4n) is 1.98. The predicted molar refractivity (Wildman–Crippen MR) is 88.4 cm³/mol. The van der Waals surface area contributed by atoms with Crippen molar-refractivity contribution in [3.05, 3.63) is 28.8 Å². The van der Waals surface area contributed by atoms with Crippen LogP contribution in [-0.2, 0) is 9.53 Å². The molecule has 0 aliphatic rings. The van der Waals surface area contributed by atoms with Crippen molar-refractivity contribution in [1.29, 1.82) is 0 Å². The van der Waals surface area contributed by atoms with Crippen LogP contribution in [0.5, 0.6) is 0 Å². The molecule has 22 heavy (non-hydrogen) atoms. The summed E-state index contributed by atoms with van der Waals surface area (Å²) in [6.45, 7) is 7.94. The lowest BCUT2D eigenvalue weighted by atomic mass is 10.1. The second-order valence-electron chi connectivity index (χ2n) is 4.67. The molecule has 1 rings (SSSR count). The molecule has 0 fully saturated rings. The van der Waals surface area contributed by atoms with E-state index in [1.54, 1.807) is 23.1 Å². The zero-order valence-electron chi connectivity index (χ0n) is 13.3. The SMILES string of the molecule is CCOCCC(=O)Nc1ccc(C(=O)N(CC)CC)c(Cl)c1. The first kappa shape index (κ1) is 18.5. The minimum absolute atomic E-state index is 0.107. The first-order chi connectivity index (χ1) is 10.5. The van der Waals surface area contributed by atoms with Crippen molar-refractivity contribution < 1.29 is 14.3 Å². The lowest BCUT2D eigenvalue weighted by Crippen LogP contribution is -2.30. The number of benzene rings is 1. The van der Waals surface area contributed by atoms with Crippen LogP contribution in [-0.4, -0.2) is 43.0 Å². The Kier molecular flexibility index (Phi) is 7.91. The molecule has 0 heterocycles. The van der Waals surface area contributed by atoms with Gasteiger partial charge in [0.1, 0.15) is 0 Å². The van der Waals surface area contributed by atoms with Crippen LogP contribution in [0.3, 0.4) is 0 Å². The largest absolute Gasteiger partial charge is 0.381 e. The molecule has 0 aliphatic carbocycles. The number of hydrogen-bond donors (Lipinski definition) is 1. The molecule has 0 saturated carbocycles. The Morgan fingerprint density at radius 1 is 1.23 bits per heavy atom. The molecular weight excluding hydrogens is 304 g/mol. The fraction of sp³-hybridized carbons (Fsp3) is 0.500. The minimum atomic E-state index is -0.146. The van der Waals surface area contributed by atoms with Crippen molar-refractivity contribution >= 4 is 29.1 Å². The van der Waals surface area contributed by atoms with E-state index in [1.165, 1.54) is 0 Å². The van der Waals surface area contributed by atoms with E-state index in [0.717, 1.165) is 0 Å². The van der Waals surface area contributed by atoms with E-state index < -0.39 is 0 Å². The molecule has 0 radical (unpaired) electrons. The van der Waals surface area contributed by atoms with Crippen molar-refractivity contribution in [1.82, 2.24) is 4.90 Å². The van der Waals surface area contributed by atoms with Crippen LogP contribution < -0.4 is 5.32 Å². The van der Waals surface area contributed by atoms with Crippen LogP contribution in [0.25, 0.3) is 0 Å². The van der Waals surface area contributed by atoms with Crippen LogP contribution in [0.15, 0.2) is 18.2 Å². The Bertz CT molecular complexity index is 516.